The number of nitrogens with zero attached hydrogens (tertiary/aromatic N) is 4. The van der Waals surface area contributed by atoms with Gasteiger partial charge in [-0.15, -0.1) is 12.4 Å². The van der Waals surface area contributed by atoms with Crippen LogP contribution in [0.4, 0.5) is 10.5 Å². The van der Waals surface area contributed by atoms with Gasteiger partial charge in [-0.05, 0) is 64.8 Å². The number of primary amides is 1. The molecule has 0 saturated heterocycles. The zero-order chi connectivity index (χ0) is 27.6. The number of fused-ring (bicyclic) bond motifs is 1. The van der Waals surface area contributed by atoms with E-state index in [2.05, 4.69) is 26.2 Å². The number of carbonyl (C=O) groups is 2. The van der Waals surface area contributed by atoms with Crippen LogP contribution in [0.1, 0.15) is 28.4 Å². The van der Waals surface area contributed by atoms with E-state index in [1.165, 1.54) is 18.0 Å². The van der Waals surface area contributed by atoms with Gasteiger partial charge in [0.1, 0.15) is 17.3 Å². The van der Waals surface area contributed by atoms with Crippen molar-refractivity contribution in [1.29, 1.82) is 5.26 Å². The zero-order valence-electron chi connectivity index (χ0n) is 20.6. The lowest BCUT2D eigenvalue weighted by atomic mass is 10.0. The molecule has 39 heavy (non-hydrogen) atoms. The van der Waals surface area contributed by atoms with E-state index < -0.39 is 18.0 Å². The number of amides is 3. The summed E-state index contributed by atoms with van der Waals surface area (Å²) in [4.78, 5) is 31.0. The second-order valence-electron chi connectivity index (χ2n) is 8.28. The van der Waals surface area contributed by atoms with Crippen molar-refractivity contribution in [1.82, 2.24) is 14.7 Å². The summed E-state index contributed by atoms with van der Waals surface area (Å²) in [7, 11) is 1.51. The first kappa shape index (κ1) is 30.1. The van der Waals surface area contributed by atoms with Gasteiger partial charge in [-0.1, -0.05) is 35.3 Å². The van der Waals surface area contributed by atoms with Crippen molar-refractivity contribution in [3.05, 3.63) is 91.8 Å². The van der Waals surface area contributed by atoms with Crippen LogP contribution in [0.15, 0.2) is 59.3 Å². The number of imidazole rings is 1. The Morgan fingerprint density at radius 1 is 1.26 bits per heavy atom. The van der Waals surface area contributed by atoms with E-state index in [0.29, 0.717) is 38.8 Å². The maximum Gasteiger partial charge on any atom is 0.313 e. The van der Waals surface area contributed by atoms with Gasteiger partial charge in [0.15, 0.2) is 11.4 Å². The molecule has 1 unspecified atom stereocenters. The summed E-state index contributed by atoms with van der Waals surface area (Å²) in [5.74, 6) is -0.0103. The molecular weight excluding hydrogens is 631 g/mol. The van der Waals surface area contributed by atoms with Gasteiger partial charge in [-0.2, -0.15) is 5.26 Å². The number of hydrogen-bond donors (Lipinski definition) is 2. The highest BCUT2D eigenvalue weighted by Gasteiger charge is 2.28. The lowest BCUT2D eigenvalue weighted by Gasteiger charge is -2.26. The molecule has 3 N–H and O–H groups in total. The second-order valence-corrected chi connectivity index (χ2v) is 9.81. The third-order valence-electron chi connectivity index (χ3n) is 5.83. The number of rotatable bonds is 7. The van der Waals surface area contributed by atoms with Gasteiger partial charge in [0.25, 0.3) is 5.91 Å². The number of nitriles is 1. The molecule has 9 nitrogen and oxygen atoms in total. The Balaban J connectivity index is 0.00000420. The highest BCUT2D eigenvalue weighted by molar-refractivity contribution is 9.10. The summed E-state index contributed by atoms with van der Waals surface area (Å²) in [5, 5.41) is 12.2. The topological polar surface area (TPSA) is 126 Å². The largest absolute Gasteiger partial charge is 0.485 e. The monoisotopic (exact) mass is 650 g/mol. The molecule has 2 aromatic carbocycles. The first-order chi connectivity index (χ1) is 18.1. The smallest absolute Gasteiger partial charge is 0.313 e. The maximum absolute atomic E-state index is 13.5. The van der Waals surface area contributed by atoms with Gasteiger partial charge >= 0.3 is 6.03 Å². The van der Waals surface area contributed by atoms with Crippen molar-refractivity contribution in [2.45, 2.75) is 19.6 Å². The molecule has 2 heterocycles. The Kier molecular flexibility index (Phi) is 9.69. The standard InChI is InChI=1S/C26H21BrCl2N6O3.ClH/c1-14-23(27)35-10-4-7-20(24(35)32-14)38-13-17-18(28)8-9-19(21(17)29)34(2)25(36)22(33-26(31)37)16-6-3-5-15(11-16)12-30;/h3-11,22H,13H2,1-2H3,(H3,31,33,37);1H. The summed E-state index contributed by atoms with van der Waals surface area (Å²) < 4.78 is 8.71. The number of aromatic nitrogens is 2. The second kappa shape index (κ2) is 12.6. The first-order valence-electron chi connectivity index (χ1n) is 11.2. The molecule has 13 heteroatoms. The van der Waals surface area contributed by atoms with Crippen LogP contribution >= 0.6 is 51.5 Å². The van der Waals surface area contributed by atoms with Crippen molar-refractivity contribution >= 4 is 74.8 Å². The summed E-state index contributed by atoms with van der Waals surface area (Å²) in [5.41, 5.74) is 8.28. The van der Waals surface area contributed by atoms with E-state index in [9.17, 15) is 14.9 Å². The molecule has 0 spiro atoms. The predicted octanol–water partition coefficient (Wildman–Crippen LogP) is 5.96. The van der Waals surface area contributed by atoms with Crippen molar-refractivity contribution in [3.63, 3.8) is 0 Å². The minimum atomic E-state index is -1.16. The first-order valence-corrected chi connectivity index (χ1v) is 12.7. The van der Waals surface area contributed by atoms with Crippen LogP contribution in [0, 0.1) is 18.3 Å². The van der Waals surface area contributed by atoms with Crippen molar-refractivity contribution in [3.8, 4) is 11.8 Å². The highest BCUT2D eigenvalue weighted by Crippen LogP contribution is 2.36. The Morgan fingerprint density at radius 2 is 2.00 bits per heavy atom. The molecular formula is C26H22BrCl3N6O3. The van der Waals surface area contributed by atoms with Gasteiger partial charge in [0.05, 0.1) is 28.0 Å². The number of aryl methyl sites for hydroxylation is 1. The fraction of sp³-hybridized carbons (Fsp3) is 0.154. The fourth-order valence-corrected chi connectivity index (χ4v) is 4.88. The molecule has 0 aliphatic heterocycles. The number of carbonyl (C=O) groups excluding carboxylic acids is 2. The predicted molar refractivity (Wildman–Crippen MR) is 156 cm³/mol. The number of pyridine rings is 1. The number of anilines is 1. The van der Waals surface area contributed by atoms with Crippen LogP contribution in [-0.2, 0) is 11.4 Å². The average Bonchev–Trinajstić information content (AvgIpc) is 3.20. The van der Waals surface area contributed by atoms with Gasteiger partial charge < -0.3 is 20.7 Å². The minimum Gasteiger partial charge on any atom is -0.485 e. The molecule has 202 valence electrons. The van der Waals surface area contributed by atoms with Gasteiger partial charge in [-0.3, -0.25) is 9.20 Å². The number of likely N-dealkylation sites (N-methyl/N-ethyl adjacent to an activating group) is 1. The average molecular weight is 653 g/mol. The van der Waals surface area contributed by atoms with Crippen molar-refractivity contribution < 1.29 is 14.3 Å². The fourth-order valence-electron chi connectivity index (χ4n) is 3.90. The zero-order valence-corrected chi connectivity index (χ0v) is 24.5. The molecule has 4 rings (SSSR count). The molecule has 4 aromatic rings. The van der Waals surface area contributed by atoms with Crippen molar-refractivity contribution in [2.75, 3.05) is 11.9 Å². The molecule has 0 bridgehead atoms. The number of urea groups is 1. The summed E-state index contributed by atoms with van der Waals surface area (Å²) in [6, 6.07) is 13.1. The molecule has 1 atom stereocenters. The minimum absolute atomic E-state index is 0. The molecule has 0 fully saturated rings. The number of benzene rings is 2. The molecule has 0 aliphatic rings. The Labute approximate surface area is 249 Å². The molecule has 3 amide bonds. The number of nitrogens with one attached hydrogen (secondary N) is 1. The van der Waals surface area contributed by atoms with Crippen LogP contribution in [0.5, 0.6) is 5.75 Å². The number of halogens is 4. The summed E-state index contributed by atoms with van der Waals surface area (Å²) >= 11 is 16.7. The third-order valence-corrected chi connectivity index (χ3v) is 7.56. The van der Waals surface area contributed by atoms with Crippen LogP contribution in [0.3, 0.4) is 0 Å². The number of hydrogen-bond acceptors (Lipinski definition) is 5. The van der Waals surface area contributed by atoms with E-state index in [-0.39, 0.29) is 24.0 Å². The Morgan fingerprint density at radius 3 is 2.69 bits per heavy atom. The normalized spacial score (nSPS) is 11.3. The molecule has 2 aromatic heterocycles. The van der Waals surface area contributed by atoms with E-state index in [4.69, 9.17) is 33.7 Å². The molecule has 0 radical (unpaired) electrons. The van der Waals surface area contributed by atoms with E-state index in [1.807, 2.05) is 29.7 Å². The molecule has 0 aliphatic carbocycles. The van der Waals surface area contributed by atoms with Gasteiger partial charge in [0.2, 0.25) is 0 Å². The van der Waals surface area contributed by atoms with Crippen LogP contribution < -0.4 is 20.7 Å². The SMILES string of the molecule is Cc1nc2c(OCc3c(Cl)ccc(N(C)C(=O)C(NC(N)=O)c4cccc(C#N)c4)c3Cl)cccn2c1Br.Cl. The van der Waals surface area contributed by atoms with E-state index in [1.54, 1.807) is 36.4 Å². The van der Waals surface area contributed by atoms with Gasteiger partial charge in [-0.25, -0.2) is 9.78 Å². The number of ether oxygens (including phenoxy) is 1. The lowest BCUT2D eigenvalue weighted by molar-refractivity contribution is -0.120. The Hall–Kier alpha value is -3.49. The quantitative estimate of drug-likeness (QED) is 0.255. The third kappa shape index (κ3) is 6.23. The highest BCUT2D eigenvalue weighted by atomic mass is 79.9. The van der Waals surface area contributed by atoms with Gasteiger partial charge in [0, 0.05) is 23.8 Å². The van der Waals surface area contributed by atoms with E-state index >= 15 is 0 Å². The summed E-state index contributed by atoms with van der Waals surface area (Å²) in [6.45, 7) is 1.88. The number of nitrogens with two attached hydrogens (primary N) is 1. The maximum atomic E-state index is 13.5. The van der Waals surface area contributed by atoms with Crippen LogP contribution in [-0.4, -0.2) is 28.4 Å². The summed E-state index contributed by atoms with van der Waals surface area (Å²) in [6.07, 6.45) is 1.86. The lowest BCUT2D eigenvalue weighted by Crippen LogP contribution is -2.43. The van der Waals surface area contributed by atoms with Crippen molar-refractivity contribution in [2.24, 2.45) is 5.73 Å². The van der Waals surface area contributed by atoms with Crippen LogP contribution in [0.25, 0.3) is 5.65 Å². The molecule has 0 saturated carbocycles. The van der Waals surface area contributed by atoms with E-state index in [0.717, 1.165) is 10.3 Å². The van der Waals surface area contributed by atoms with Crippen LogP contribution in [0.2, 0.25) is 10.0 Å². The Bertz CT molecular complexity index is 1600.